The monoisotopic (exact) mass is 292 g/mol. The Hall–Kier alpha value is -1.51. The lowest BCUT2D eigenvalue weighted by molar-refractivity contribution is -0.139. The molecule has 0 aromatic rings. The standard InChI is InChI=1S/C5H12N4O3.H2O4S.H2O/c6-3(4(10)11)1-2-12-9-5(7)8;1-5(2,3)4;/h3H,1-2,6H2,(H,10,11)(H4,7,8,9);(H2,1,2,3,4);1H2. The maximum absolute atomic E-state index is 10.2. The van der Waals surface area contributed by atoms with Gasteiger partial charge in [0.2, 0.25) is 5.96 Å². The molecule has 0 heterocycles. The van der Waals surface area contributed by atoms with Gasteiger partial charge in [0.1, 0.15) is 6.04 Å². The van der Waals surface area contributed by atoms with Crippen molar-refractivity contribution in [2.45, 2.75) is 12.5 Å². The molecular weight excluding hydrogens is 276 g/mol. The molecule has 0 aliphatic rings. The summed E-state index contributed by atoms with van der Waals surface area (Å²) in [6, 6.07) is -0.946. The summed E-state index contributed by atoms with van der Waals surface area (Å²) in [5.74, 6) is -1.42. The number of guanidine groups is 1. The molecule has 0 saturated heterocycles. The second-order valence-corrected chi connectivity index (χ2v) is 3.44. The highest BCUT2D eigenvalue weighted by atomic mass is 32.3. The van der Waals surface area contributed by atoms with Crippen molar-refractivity contribution in [3.8, 4) is 0 Å². The van der Waals surface area contributed by atoms with E-state index in [9.17, 15) is 4.79 Å². The van der Waals surface area contributed by atoms with Crippen LogP contribution in [0.5, 0.6) is 0 Å². The fourth-order valence-electron chi connectivity index (χ4n) is 0.438. The lowest BCUT2D eigenvalue weighted by Gasteiger charge is -2.06. The predicted molar refractivity (Wildman–Crippen MR) is 59.0 cm³/mol. The van der Waals surface area contributed by atoms with Crippen LogP contribution in [0.3, 0.4) is 0 Å². The van der Waals surface area contributed by atoms with Crippen LogP contribution in [0.2, 0.25) is 0 Å². The van der Waals surface area contributed by atoms with Crippen molar-refractivity contribution in [3.05, 3.63) is 0 Å². The van der Waals surface area contributed by atoms with Crippen LogP contribution in [0.15, 0.2) is 0 Å². The molecule has 0 bridgehead atoms. The van der Waals surface area contributed by atoms with E-state index in [4.69, 9.17) is 39.5 Å². The van der Waals surface area contributed by atoms with Crippen molar-refractivity contribution in [2.24, 2.45) is 11.5 Å². The van der Waals surface area contributed by atoms with Crippen molar-refractivity contribution >= 4 is 22.3 Å². The number of nitrogens with two attached hydrogens (primary N) is 2. The number of nitrogens with one attached hydrogen (secondary N) is 2. The van der Waals surface area contributed by atoms with Gasteiger partial charge in [0.05, 0.1) is 6.61 Å². The summed E-state index contributed by atoms with van der Waals surface area (Å²) >= 11 is 0. The van der Waals surface area contributed by atoms with E-state index < -0.39 is 22.4 Å². The minimum Gasteiger partial charge on any atom is -0.480 e. The highest BCUT2D eigenvalue weighted by molar-refractivity contribution is 7.79. The van der Waals surface area contributed by atoms with Gasteiger partial charge in [0.25, 0.3) is 0 Å². The third-order valence-corrected chi connectivity index (χ3v) is 1.03. The molecule has 18 heavy (non-hydrogen) atoms. The first-order valence-electron chi connectivity index (χ1n) is 3.94. The zero-order valence-electron chi connectivity index (χ0n) is 9.03. The average Bonchev–Trinajstić information content (AvgIpc) is 2.08. The molecule has 11 N–H and O–H groups in total. The Morgan fingerprint density at radius 3 is 2.11 bits per heavy atom. The van der Waals surface area contributed by atoms with Crippen LogP contribution < -0.4 is 16.9 Å². The molecular formula is C5H16N4O8S. The molecule has 1 atom stereocenters. The van der Waals surface area contributed by atoms with Gasteiger partial charge in [0, 0.05) is 0 Å². The quantitative estimate of drug-likeness (QED) is 0.0875. The molecule has 12 nitrogen and oxygen atoms in total. The molecule has 0 saturated carbocycles. The van der Waals surface area contributed by atoms with Gasteiger partial charge in [-0.15, -0.1) is 0 Å². The maximum atomic E-state index is 10.2. The van der Waals surface area contributed by atoms with Gasteiger partial charge in [-0.2, -0.15) is 8.42 Å². The minimum absolute atomic E-state index is 0. The van der Waals surface area contributed by atoms with E-state index in [0.29, 0.717) is 0 Å². The topological polar surface area (TPSA) is 241 Å². The van der Waals surface area contributed by atoms with Crippen LogP contribution in [-0.2, 0) is 20.0 Å². The van der Waals surface area contributed by atoms with Crippen LogP contribution in [0.1, 0.15) is 6.42 Å². The van der Waals surface area contributed by atoms with E-state index >= 15 is 0 Å². The van der Waals surface area contributed by atoms with Crippen molar-refractivity contribution in [1.29, 1.82) is 5.41 Å². The zero-order valence-corrected chi connectivity index (χ0v) is 9.85. The van der Waals surface area contributed by atoms with Crippen molar-refractivity contribution < 1.29 is 37.7 Å². The highest BCUT2D eigenvalue weighted by Crippen LogP contribution is 1.87. The Balaban J connectivity index is -0.000000321. The number of hydrogen-bond acceptors (Lipinski definition) is 6. The lowest BCUT2D eigenvalue weighted by atomic mass is 10.2. The second kappa shape index (κ2) is 10.6. The van der Waals surface area contributed by atoms with Crippen LogP contribution in [-0.4, -0.2) is 52.7 Å². The summed E-state index contributed by atoms with van der Waals surface area (Å²) in [4.78, 5) is 14.7. The normalized spacial score (nSPS) is 11.3. The smallest absolute Gasteiger partial charge is 0.394 e. The number of hydrogen-bond donors (Lipinski definition) is 7. The Kier molecular flexibility index (Phi) is 12.8. The Morgan fingerprint density at radius 2 is 1.83 bits per heavy atom. The lowest BCUT2D eigenvalue weighted by Crippen LogP contribution is -2.35. The molecule has 0 amide bonds. The fraction of sp³-hybridized carbons (Fsp3) is 0.600. The Labute approximate surface area is 102 Å². The summed E-state index contributed by atoms with van der Waals surface area (Å²) in [6.07, 6.45) is 0.162. The van der Waals surface area contributed by atoms with Gasteiger partial charge in [-0.25, -0.2) is 5.48 Å². The number of carboxylic acid groups (broad SMARTS) is 1. The summed E-state index contributed by atoms with van der Waals surface area (Å²) in [5, 5.41) is 15.0. The summed E-state index contributed by atoms with van der Waals surface area (Å²) < 4.78 is 31.6. The molecule has 13 heteroatoms. The third kappa shape index (κ3) is 29.3. The molecule has 0 spiro atoms. The highest BCUT2D eigenvalue weighted by Gasteiger charge is 2.10. The van der Waals surface area contributed by atoms with Crippen LogP contribution >= 0.6 is 0 Å². The van der Waals surface area contributed by atoms with Gasteiger partial charge >= 0.3 is 16.4 Å². The van der Waals surface area contributed by atoms with Crippen molar-refractivity contribution in [1.82, 2.24) is 5.48 Å². The predicted octanol–water partition coefficient (Wildman–Crippen LogP) is -3.27. The van der Waals surface area contributed by atoms with E-state index in [1.54, 1.807) is 0 Å². The SMILES string of the molecule is N=C(N)NOCCC(N)C(=O)O.O.O=S(=O)(O)O. The fourth-order valence-corrected chi connectivity index (χ4v) is 0.438. The molecule has 0 aliphatic heterocycles. The third-order valence-electron chi connectivity index (χ3n) is 1.03. The molecule has 0 aliphatic carbocycles. The van der Waals surface area contributed by atoms with Gasteiger partial charge < -0.3 is 22.1 Å². The Bertz CT molecular complexity index is 335. The van der Waals surface area contributed by atoms with E-state index in [2.05, 4.69) is 10.3 Å². The molecule has 1 unspecified atom stereocenters. The van der Waals surface area contributed by atoms with E-state index in [0.717, 1.165) is 0 Å². The van der Waals surface area contributed by atoms with Crippen molar-refractivity contribution in [3.63, 3.8) is 0 Å². The first-order chi connectivity index (χ1) is 7.54. The van der Waals surface area contributed by atoms with Gasteiger partial charge in [-0.1, -0.05) is 0 Å². The minimum atomic E-state index is -4.67. The molecule has 0 fully saturated rings. The van der Waals surface area contributed by atoms with Gasteiger partial charge in [-0.3, -0.25) is 24.1 Å². The van der Waals surface area contributed by atoms with E-state index in [1.807, 2.05) is 0 Å². The van der Waals surface area contributed by atoms with Gasteiger partial charge in [0.15, 0.2) is 0 Å². The number of aliphatic carboxylic acids is 1. The molecule has 0 aromatic heterocycles. The second-order valence-electron chi connectivity index (χ2n) is 2.55. The number of hydroxylamine groups is 1. The van der Waals surface area contributed by atoms with Crippen LogP contribution in [0.25, 0.3) is 0 Å². The number of carboxylic acids is 1. The molecule has 110 valence electrons. The molecule has 0 rings (SSSR count). The van der Waals surface area contributed by atoms with E-state index in [-0.39, 0.29) is 24.5 Å². The molecule has 0 aromatic carbocycles. The molecule has 0 radical (unpaired) electrons. The Morgan fingerprint density at radius 1 is 1.44 bits per heavy atom. The van der Waals surface area contributed by atoms with Gasteiger partial charge in [-0.05, 0) is 6.42 Å². The first kappa shape index (κ1) is 21.7. The average molecular weight is 292 g/mol. The van der Waals surface area contributed by atoms with Crippen molar-refractivity contribution in [2.75, 3.05) is 6.61 Å². The maximum Gasteiger partial charge on any atom is 0.394 e. The number of carbonyl (C=O) groups is 1. The first-order valence-corrected chi connectivity index (χ1v) is 5.33. The zero-order chi connectivity index (χ0) is 14.1. The summed E-state index contributed by atoms with van der Waals surface area (Å²) in [5.41, 5.74) is 12.1. The van der Waals surface area contributed by atoms with Crippen LogP contribution in [0, 0.1) is 5.41 Å². The largest absolute Gasteiger partial charge is 0.480 e. The summed E-state index contributed by atoms with van der Waals surface area (Å²) in [7, 11) is -4.67. The number of rotatable bonds is 5. The van der Waals surface area contributed by atoms with E-state index in [1.165, 1.54) is 0 Å². The van der Waals surface area contributed by atoms with Crippen LogP contribution in [0.4, 0.5) is 0 Å². The summed E-state index contributed by atoms with van der Waals surface area (Å²) in [6.45, 7) is 0.0903.